The summed E-state index contributed by atoms with van der Waals surface area (Å²) in [4.78, 5) is 2.37. The van der Waals surface area contributed by atoms with Crippen molar-refractivity contribution in [3.05, 3.63) is 212 Å². The van der Waals surface area contributed by atoms with E-state index in [1.165, 1.54) is 43.8 Å². The van der Waals surface area contributed by atoms with E-state index in [1.54, 1.807) is 0 Å². The summed E-state index contributed by atoms with van der Waals surface area (Å²) in [5.41, 5.74) is 13.5. The van der Waals surface area contributed by atoms with E-state index < -0.39 is 0 Å². The van der Waals surface area contributed by atoms with E-state index in [2.05, 4.69) is 206 Å². The third kappa shape index (κ3) is 5.95. The molecule has 9 aromatic carbocycles. The lowest BCUT2D eigenvalue weighted by molar-refractivity contribution is 0.629. The van der Waals surface area contributed by atoms with Crippen molar-refractivity contribution in [2.75, 3.05) is 4.90 Å². The number of nitrogens with zero attached hydrogens (tertiary/aromatic N) is 1. The van der Waals surface area contributed by atoms with Crippen LogP contribution in [0.2, 0.25) is 0 Å². The highest BCUT2D eigenvalue weighted by Crippen LogP contribution is 2.42. The molecule has 55 heavy (non-hydrogen) atoms. The number of aryl methyl sites for hydroxylation is 1. The van der Waals surface area contributed by atoms with Gasteiger partial charge in [0.15, 0.2) is 0 Å². The second kappa shape index (κ2) is 13.7. The fourth-order valence-corrected chi connectivity index (χ4v) is 8.05. The van der Waals surface area contributed by atoms with Crippen molar-refractivity contribution in [2.45, 2.75) is 6.92 Å². The standard InChI is InChI=1S/C53H37NO/c1-36-47-17-8-10-21-52(47)55-53(36)44-16-11-15-41(35-44)37-24-29-45(30-25-37)54(51-20-9-7-19-50(51)39-12-3-2-4-13-39)46-31-26-38(27-32-46)42-28-33-49-43(34-42)23-22-40-14-5-6-18-48(40)49/h2-35H,1H3. The van der Waals surface area contributed by atoms with Crippen LogP contribution in [0.3, 0.4) is 0 Å². The highest BCUT2D eigenvalue weighted by Gasteiger charge is 2.18. The molecular weight excluding hydrogens is 667 g/mol. The maximum absolute atomic E-state index is 6.34. The van der Waals surface area contributed by atoms with Gasteiger partial charge in [0.25, 0.3) is 0 Å². The molecular formula is C53H37NO. The molecule has 10 rings (SSSR count). The zero-order valence-corrected chi connectivity index (χ0v) is 30.5. The van der Waals surface area contributed by atoms with Gasteiger partial charge in [0.2, 0.25) is 0 Å². The van der Waals surface area contributed by atoms with Crippen molar-refractivity contribution in [3.8, 4) is 44.7 Å². The molecule has 0 aliphatic carbocycles. The Morgan fingerprint density at radius 3 is 1.69 bits per heavy atom. The molecule has 260 valence electrons. The van der Waals surface area contributed by atoms with Crippen LogP contribution >= 0.6 is 0 Å². The van der Waals surface area contributed by atoms with Crippen molar-refractivity contribution in [2.24, 2.45) is 0 Å². The molecule has 2 heteroatoms. The van der Waals surface area contributed by atoms with Gasteiger partial charge in [-0.05, 0) is 105 Å². The van der Waals surface area contributed by atoms with Crippen LogP contribution in [0.25, 0.3) is 77.2 Å². The Bertz CT molecular complexity index is 2970. The number of anilines is 3. The van der Waals surface area contributed by atoms with Crippen LogP contribution in [0.1, 0.15) is 5.56 Å². The van der Waals surface area contributed by atoms with E-state index in [0.29, 0.717) is 0 Å². The number of para-hydroxylation sites is 2. The van der Waals surface area contributed by atoms with Crippen LogP contribution in [-0.4, -0.2) is 0 Å². The Balaban J connectivity index is 1.03. The van der Waals surface area contributed by atoms with Crippen molar-refractivity contribution in [3.63, 3.8) is 0 Å². The molecule has 0 bridgehead atoms. The molecule has 0 saturated heterocycles. The zero-order valence-electron chi connectivity index (χ0n) is 30.5. The maximum atomic E-state index is 6.34. The Kier molecular flexibility index (Phi) is 8.08. The Labute approximate surface area is 321 Å². The number of furan rings is 1. The second-order valence-electron chi connectivity index (χ2n) is 14.2. The third-order valence-electron chi connectivity index (χ3n) is 10.9. The second-order valence-corrected chi connectivity index (χ2v) is 14.2. The molecule has 1 heterocycles. The minimum atomic E-state index is 0.916. The van der Waals surface area contributed by atoms with Crippen LogP contribution in [-0.2, 0) is 0 Å². The third-order valence-corrected chi connectivity index (χ3v) is 10.9. The lowest BCUT2D eigenvalue weighted by Crippen LogP contribution is -2.11. The summed E-state index contributed by atoms with van der Waals surface area (Å²) in [6, 6.07) is 74.0. The van der Waals surface area contributed by atoms with Gasteiger partial charge in [-0.1, -0.05) is 158 Å². The first-order valence-electron chi connectivity index (χ1n) is 18.8. The highest BCUT2D eigenvalue weighted by molar-refractivity contribution is 6.08. The van der Waals surface area contributed by atoms with Crippen molar-refractivity contribution in [1.29, 1.82) is 0 Å². The average Bonchev–Trinajstić information content (AvgIpc) is 3.60. The first-order valence-corrected chi connectivity index (χ1v) is 18.8. The quantitative estimate of drug-likeness (QED) is 0.154. The lowest BCUT2D eigenvalue weighted by atomic mass is 9.97. The fourth-order valence-electron chi connectivity index (χ4n) is 8.05. The summed E-state index contributed by atoms with van der Waals surface area (Å²) in [5, 5.41) is 6.23. The van der Waals surface area contributed by atoms with Crippen LogP contribution < -0.4 is 4.90 Å². The van der Waals surface area contributed by atoms with Gasteiger partial charge in [-0.25, -0.2) is 0 Å². The molecule has 0 N–H and O–H groups in total. The molecule has 0 spiro atoms. The first-order chi connectivity index (χ1) is 27.2. The van der Waals surface area contributed by atoms with E-state index in [4.69, 9.17) is 4.42 Å². The number of benzene rings is 9. The van der Waals surface area contributed by atoms with E-state index in [-0.39, 0.29) is 0 Å². The summed E-state index contributed by atoms with van der Waals surface area (Å²) in [5.74, 6) is 0.920. The molecule has 0 amide bonds. The molecule has 0 saturated carbocycles. The number of hydrogen-bond acceptors (Lipinski definition) is 2. The van der Waals surface area contributed by atoms with Crippen LogP contribution in [0.4, 0.5) is 17.1 Å². The fraction of sp³-hybridized carbons (Fsp3) is 0.0189. The number of hydrogen-bond donors (Lipinski definition) is 0. The molecule has 0 aliphatic rings. The highest BCUT2D eigenvalue weighted by atomic mass is 16.3. The van der Waals surface area contributed by atoms with Gasteiger partial charge in [0.1, 0.15) is 11.3 Å². The smallest absolute Gasteiger partial charge is 0.138 e. The van der Waals surface area contributed by atoms with Gasteiger partial charge >= 0.3 is 0 Å². The minimum Gasteiger partial charge on any atom is -0.456 e. The van der Waals surface area contributed by atoms with Gasteiger partial charge in [-0.2, -0.15) is 0 Å². The molecule has 0 unspecified atom stereocenters. The summed E-state index contributed by atoms with van der Waals surface area (Å²) in [6.07, 6.45) is 0. The van der Waals surface area contributed by atoms with Crippen molar-refractivity contribution in [1.82, 2.24) is 0 Å². The molecule has 0 radical (unpaired) electrons. The normalized spacial score (nSPS) is 11.4. The predicted molar refractivity (Wildman–Crippen MR) is 232 cm³/mol. The molecule has 10 aromatic rings. The van der Waals surface area contributed by atoms with Crippen LogP contribution in [0, 0.1) is 6.92 Å². The Morgan fingerprint density at radius 2 is 0.927 bits per heavy atom. The molecule has 0 aliphatic heterocycles. The van der Waals surface area contributed by atoms with Crippen molar-refractivity contribution >= 4 is 49.6 Å². The molecule has 2 nitrogen and oxygen atoms in total. The van der Waals surface area contributed by atoms with E-state index in [9.17, 15) is 0 Å². The first kappa shape index (κ1) is 32.5. The number of fused-ring (bicyclic) bond motifs is 4. The van der Waals surface area contributed by atoms with Crippen LogP contribution in [0.5, 0.6) is 0 Å². The SMILES string of the molecule is Cc1c(-c2cccc(-c3ccc(N(c4ccc(-c5ccc6c(ccc7ccccc76)c5)cc4)c4ccccc4-c4ccccc4)cc3)c2)oc2ccccc12. The lowest BCUT2D eigenvalue weighted by Gasteiger charge is -2.28. The summed E-state index contributed by atoms with van der Waals surface area (Å²) in [6.45, 7) is 2.14. The van der Waals surface area contributed by atoms with Crippen molar-refractivity contribution < 1.29 is 4.42 Å². The van der Waals surface area contributed by atoms with Gasteiger partial charge < -0.3 is 9.32 Å². The topological polar surface area (TPSA) is 16.4 Å². The Morgan fingerprint density at radius 1 is 0.364 bits per heavy atom. The Hall–Kier alpha value is -7.16. The average molecular weight is 704 g/mol. The molecule has 0 atom stereocenters. The predicted octanol–water partition coefficient (Wildman–Crippen LogP) is 15.2. The largest absolute Gasteiger partial charge is 0.456 e. The van der Waals surface area contributed by atoms with Gasteiger partial charge in [-0.15, -0.1) is 0 Å². The van der Waals surface area contributed by atoms with Gasteiger partial charge in [0.05, 0.1) is 5.69 Å². The number of rotatable bonds is 7. The summed E-state index contributed by atoms with van der Waals surface area (Å²) >= 11 is 0. The zero-order chi connectivity index (χ0) is 36.7. The molecule has 1 aromatic heterocycles. The van der Waals surface area contributed by atoms with Crippen LogP contribution in [0.15, 0.2) is 211 Å². The van der Waals surface area contributed by atoms with Gasteiger partial charge in [-0.3, -0.25) is 0 Å². The molecule has 0 fully saturated rings. The van der Waals surface area contributed by atoms with E-state index in [0.717, 1.165) is 56.0 Å². The van der Waals surface area contributed by atoms with Gasteiger partial charge in [0, 0.05) is 33.5 Å². The summed E-state index contributed by atoms with van der Waals surface area (Å²) in [7, 11) is 0. The van der Waals surface area contributed by atoms with E-state index >= 15 is 0 Å². The minimum absolute atomic E-state index is 0.916. The monoisotopic (exact) mass is 703 g/mol. The maximum Gasteiger partial charge on any atom is 0.138 e. The van der Waals surface area contributed by atoms with E-state index in [1.807, 2.05) is 12.1 Å². The summed E-state index contributed by atoms with van der Waals surface area (Å²) < 4.78 is 6.34.